The molecule has 0 spiro atoms. The summed E-state index contributed by atoms with van der Waals surface area (Å²) in [6.45, 7) is 1.69. The van der Waals surface area contributed by atoms with Crippen LogP contribution in [0.2, 0.25) is 0 Å². The third-order valence-corrected chi connectivity index (χ3v) is 3.80. The topological polar surface area (TPSA) is 59.5 Å². The van der Waals surface area contributed by atoms with E-state index in [1.54, 1.807) is 0 Å². The van der Waals surface area contributed by atoms with E-state index in [2.05, 4.69) is 22.0 Å². The van der Waals surface area contributed by atoms with Gasteiger partial charge in [0.05, 0.1) is 0 Å². The normalized spacial score (nSPS) is 20.9. The Morgan fingerprint density at radius 2 is 2.39 bits per heavy atom. The van der Waals surface area contributed by atoms with Gasteiger partial charge in [-0.1, -0.05) is 6.07 Å². The summed E-state index contributed by atoms with van der Waals surface area (Å²) in [6, 6.07) is 4.56. The third-order valence-electron chi connectivity index (χ3n) is 3.80. The molecule has 0 saturated carbocycles. The minimum absolute atomic E-state index is 0.506. The number of nitrogens with zero attached hydrogens (tertiary/aromatic N) is 4. The molecule has 3 heterocycles. The standard InChI is InChI=1S/C13H19N5/c1-17-6-3-5-11(17)8-12-15-13-10(9-14)4-2-7-18(13)16-12/h2,4,7,11H,3,5-6,8-9,14H2,1H3. The first kappa shape index (κ1) is 11.6. The summed E-state index contributed by atoms with van der Waals surface area (Å²) < 4.78 is 1.84. The molecule has 2 N–H and O–H groups in total. The number of nitrogens with two attached hydrogens (primary N) is 1. The maximum Gasteiger partial charge on any atom is 0.160 e. The molecule has 3 rings (SSSR count). The van der Waals surface area contributed by atoms with E-state index >= 15 is 0 Å². The van der Waals surface area contributed by atoms with E-state index in [0.29, 0.717) is 12.6 Å². The third kappa shape index (κ3) is 2.00. The van der Waals surface area contributed by atoms with E-state index in [1.165, 1.54) is 19.4 Å². The smallest absolute Gasteiger partial charge is 0.160 e. The SMILES string of the molecule is CN1CCCC1Cc1nc2c(CN)cccn2n1. The Labute approximate surface area is 107 Å². The number of pyridine rings is 1. The molecule has 1 aliphatic heterocycles. The van der Waals surface area contributed by atoms with Gasteiger partial charge in [-0.25, -0.2) is 9.50 Å². The molecule has 96 valence electrons. The Balaban J connectivity index is 1.89. The van der Waals surface area contributed by atoms with Crippen molar-refractivity contribution in [2.45, 2.75) is 31.8 Å². The minimum Gasteiger partial charge on any atom is -0.326 e. The van der Waals surface area contributed by atoms with Crippen LogP contribution >= 0.6 is 0 Å². The first-order chi connectivity index (χ1) is 8.78. The van der Waals surface area contributed by atoms with Crippen molar-refractivity contribution < 1.29 is 0 Å². The maximum atomic E-state index is 5.72. The van der Waals surface area contributed by atoms with E-state index in [4.69, 9.17) is 5.73 Å². The van der Waals surface area contributed by atoms with Crippen LogP contribution < -0.4 is 5.73 Å². The number of aromatic nitrogens is 3. The van der Waals surface area contributed by atoms with Crippen LogP contribution in [-0.4, -0.2) is 39.1 Å². The Morgan fingerprint density at radius 1 is 1.50 bits per heavy atom. The van der Waals surface area contributed by atoms with Crippen LogP contribution in [0.25, 0.3) is 5.65 Å². The van der Waals surface area contributed by atoms with Crippen molar-refractivity contribution in [3.05, 3.63) is 29.7 Å². The van der Waals surface area contributed by atoms with Crippen LogP contribution in [0.3, 0.4) is 0 Å². The molecule has 1 saturated heterocycles. The number of fused-ring (bicyclic) bond motifs is 1. The number of hydrogen-bond acceptors (Lipinski definition) is 4. The molecule has 1 aliphatic rings. The van der Waals surface area contributed by atoms with Crippen molar-refractivity contribution in [1.29, 1.82) is 0 Å². The summed E-state index contributed by atoms with van der Waals surface area (Å²) in [7, 11) is 2.18. The number of likely N-dealkylation sites (tertiary alicyclic amines) is 1. The van der Waals surface area contributed by atoms with Crippen LogP contribution in [0.1, 0.15) is 24.2 Å². The molecule has 2 aromatic heterocycles. The van der Waals surface area contributed by atoms with Gasteiger partial charge in [0.2, 0.25) is 0 Å². The van der Waals surface area contributed by atoms with E-state index in [9.17, 15) is 0 Å². The van der Waals surface area contributed by atoms with Crippen molar-refractivity contribution in [2.24, 2.45) is 5.73 Å². The van der Waals surface area contributed by atoms with Gasteiger partial charge in [0.1, 0.15) is 0 Å². The average Bonchev–Trinajstić information content (AvgIpc) is 2.95. The number of hydrogen-bond donors (Lipinski definition) is 1. The van der Waals surface area contributed by atoms with Crippen molar-refractivity contribution >= 4 is 5.65 Å². The van der Waals surface area contributed by atoms with Gasteiger partial charge in [0.25, 0.3) is 0 Å². The van der Waals surface area contributed by atoms with Gasteiger partial charge in [0.15, 0.2) is 11.5 Å². The molecule has 1 fully saturated rings. The zero-order valence-corrected chi connectivity index (χ0v) is 10.7. The summed E-state index contributed by atoms with van der Waals surface area (Å²) in [5.41, 5.74) is 7.67. The van der Waals surface area contributed by atoms with Gasteiger partial charge in [-0.3, -0.25) is 0 Å². The lowest BCUT2D eigenvalue weighted by molar-refractivity contribution is 0.306. The molecule has 0 aromatic carbocycles. The minimum atomic E-state index is 0.506. The molecule has 5 nitrogen and oxygen atoms in total. The molecule has 1 unspecified atom stereocenters. The fraction of sp³-hybridized carbons (Fsp3) is 0.538. The van der Waals surface area contributed by atoms with Crippen molar-refractivity contribution in [3.8, 4) is 0 Å². The van der Waals surface area contributed by atoms with Crippen molar-refractivity contribution in [1.82, 2.24) is 19.5 Å². The van der Waals surface area contributed by atoms with Gasteiger partial charge < -0.3 is 10.6 Å². The number of rotatable bonds is 3. The lowest BCUT2D eigenvalue weighted by atomic mass is 10.1. The summed E-state index contributed by atoms with van der Waals surface area (Å²) in [4.78, 5) is 7.02. The molecular weight excluding hydrogens is 226 g/mol. The fourth-order valence-corrected chi connectivity index (χ4v) is 2.70. The van der Waals surface area contributed by atoms with E-state index in [0.717, 1.165) is 23.5 Å². The second kappa shape index (κ2) is 4.66. The molecule has 0 radical (unpaired) electrons. The Bertz CT molecular complexity index is 547. The van der Waals surface area contributed by atoms with E-state index < -0.39 is 0 Å². The Kier molecular flexibility index (Phi) is 3.01. The van der Waals surface area contributed by atoms with Gasteiger partial charge >= 0.3 is 0 Å². The van der Waals surface area contributed by atoms with Crippen molar-refractivity contribution in [2.75, 3.05) is 13.6 Å². The van der Waals surface area contributed by atoms with Crippen LogP contribution in [-0.2, 0) is 13.0 Å². The first-order valence-corrected chi connectivity index (χ1v) is 6.51. The highest BCUT2D eigenvalue weighted by atomic mass is 15.3. The van der Waals surface area contributed by atoms with E-state index in [1.807, 2.05) is 22.8 Å². The van der Waals surface area contributed by atoms with Gasteiger partial charge in [-0.2, -0.15) is 5.10 Å². The fourth-order valence-electron chi connectivity index (χ4n) is 2.70. The molecule has 1 atom stereocenters. The van der Waals surface area contributed by atoms with Gasteiger partial charge in [-0.05, 0) is 32.5 Å². The van der Waals surface area contributed by atoms with Gasteiger partial charge in [0, 0.05) is 30.8 Å². The van der Waals surface area contributed by atoms with Crippen LogP contribution in [0.5, 0.6) is 0 Å². The average molecular weight is 245 g/mol. The summed E-state index contributed by atoms with van der Waals surface area (Å²) in [6.07, 6.45) is 5.39. The lowest BCUT2D eigenvalue weighted by Crippen LogP contribution is -2.27. The number of likely N-dealkylation sites (N-methyl/N-ethyl adjacent to an activating group) is 1. The Morgan fingerprint density at radius 3 is 3.11 bits per heavy atom. The summed E-state index contributed by atoms with van der Waals surface area (Å²) >= 11 is 0. The highest BCUT2D eigenvalue weighted by molar-refractivity contribution is 5.46. The van der Waals surface area contributed by atoms with Crippen molar-refractivity contribution in [3.63, 3.8) is 0 Å². The molecule has 18 heavy (non-hydrogen) atoms. The zero-order chi connectivity index (χ0) is 12.5. The largest absolute Gasteiger partial charge is 0.326 e. The summed E-state index contributed by atoms with van der Waals surface area (Å²) in [5, 5.41) is 4.54. The lowest BCUT2D eigenvalue weighted by Gasteiger charge is -2.17. The van der Waals surface area contributed by atoms with Crippen LogP contribution in [0.4, 0.5) is 0 Å². The molecule has 0 bridgehead atoms. The Hall–Kier alpha value is -1.46. The zero-order valence-electron chi connectivity index (χ0n) is 10.7. The second-order valence-electron chi connectivity index (χ2n) is 5.01. The van der Waals surface area contributed by atoms with E-state index in [-0.39, 0.29) is 0 Å². The molecule has 5 heteroatoms. The quantitative estimate of drug-likeness (QED) is 0.870. The predicted octanol–water partition coefficient (Wildman–Crippen LogP) is 0.825. The maximum absolute atomic E-state index is 5.72. The van der Waals surface area contributed by atoms with Crippen LogP contribution in [0, 0.1) is 0 Å². The summed E-state index contributed by atoms with van der Waals surface area (Å²) in [5.74, 6) is 0.926. The molecular formula is C13H19N5. The monoisotopic (exact) mass is 245 g/mol. The molecule has 2 aromatic rings. The second-order valence-corrected chi connectivity index (χ2v) is 5.01. The van der Waals surface area contributed by atoms with Gasteiger partial charge in [-0.15, -0.1) is 0 Å². The predicted molar refractivity (Wildman–Crippen MR) is 70.2 cm³/mol. The van der Waals surface area contributed by atoms with Crippen LogP contribution in [0.15, 0.2) is 18.3 Å². The molecule has 0 aliphatic carbocycles. The highest BCUT2D eigenvalue weighted by Crippen LogP contribution is 2.18. The molecule has 0 amide bonds. The highest BCUT2D eigenvalue weighted by Gasteiger charge is 2.22. The first-order valence-electron chi connectivity index (χ1n) is 6.51.